The Morgan fingerprint density at radius 1 is 0.463 bits per heavy atom. The van der Waals surface area contributed by atoms with Crippen molar-refractivity contribution in [1.82, 2.24) is 5.32 Å². The summed E-state index contributed by atoms with van der Waals surface area (Å²) in [4.78, 5) is 13.3. The average Bonchev–Trinajstić information content (AvgIpc) is 3.49. The molecule has 14 nitrogen and oxygen atoms in total. The predicted molar refractivity (Wildman–Crippen MR) is 322 cm³/mol. The van der Waals surface area contributed by atoms with E-state index in [1.54, 1.807) is 6.08 Å². The van der Waals surface area contributed by atoms with Crippen molar-refractivity contribution in [2.45, 2.75) is 280 Å². The molecule has 0 radical (unpaired) electrons. The van der Waals surface area contributed by atoms with Crippen molar-refractivity contribution in [2.75, 3.05) is 19.8 Å². The number of hydrogen-bond donors (Lipinski definition) is 9. The first-order chi connectivity index (χ1) is 39.1. The molecule has 0 aliphatic carbocycles. The molecule has 2 rings (SSSR count). The maximum absolute atomic E-state index is 13.3. The number of aliphatic hydroxyl groups excluding tert-OH is 8. The molecule has 0 aromatic carbocycles. The third-order valence-electron chi connectivity index (χ3n) is 14.4. The van der Waals surface area contributed by atoms with E-state index >= 15 is 0 Å². The molecule has 9 N–H and O–H groups in total. The summed E-state index contributed by atoms with van der Waals surface area (Å²) in [6, 6.07) is -0.943. The lowest BCUT2D eigenvalue weighted by atomic mass is 9.97. The summed E-state index contributed by atoms with van der Waals surface area (Å²) >= 11 is 0. The van der Waals surface area contributed by atoms with Crippen LogP contribution in [0.4, 0.5) is 0 Å². The minimum absolute atomic E-state index is 0.260. The van der Waals surface area contributed by atoms with Crippen LogP contribution in [0.25, 0.3) is 0 Å². The van der Waals surface area contributed by atoms with E-state index in [1.807, 2.05) is 6.08 Å². The van der Waals surface area contributed by atoms with Gasteiger partial charge in [-0.05, 0) is 96.3 Å². The highest BCUT2D eigenvalue weighted by Crippen LogP contribution is 2.30. The van der Waals surface area contributed by atoms with E-state index in [2.05, 4.69) is 116 Å². The number of aliphatic hydroxyl groups is 8. The summed E-state index contributed by atoms with van der Waals surface area (Å²) in [5.41, 5.74) is 0. The monoisotopic (exact) mass is 1130 g/mol. The zero-order valence-electron chi connectivity index (χ0n) is 49.3. The van der Waals surface area contributed by atoms with Crippen LogP contribution >= 0.6 is 0 Å². The molecule has 2 saturated heterocycles. The summed E-state index contributed by atoms with van der Waals surface area (Å²) in [6.07, 6.45) is 54.3. The van der Waals surface area contributed by atoms with Crippen LogP contribution in [-0.2, 0) is 23.7 Å². The highest BCUT2D eigenvalue weighted by Gasteiger charge is 2.51. The summed E-state index contributed by atoms with van der Waals surface area (Å²) in [6.45, 7) is 2.60. The van der Waals surface area contributed by atoms with Gasteiger partial charge in [0.25, 0.3) is 0 Å². The number of carbonyl (C=O) groups is 1. The molecule has 2 aliphatic rings. The highest BCUT2D eigenvalue weighted by atomic mass is 16.7. The Bertz CT molecular complexity index is 1760. The van der Waals surface area contributed by atoms with Crippen molar-refractivity contribution in [3.63, 3.8) is 0 Å². The average molecular weight is 1130 g/mol. The number of amides is 1. The van der Waals surface area contributed by atoms with Crippen LogP contribution in [0.15, 0.2) is 109 Å². The van der Waals surface area contributed by atoms with Gasteiger partial charge in [0.15, 0.2) is 12.6 Å². The van der Waals surface area contributed by atoms with Gasteiger partial charge >= 0.3 is 0 Å². The smallest absolute Gasteiger partial charge is 0.220 e. The molecule has 12 unspecified atom stereocenters. The van der Waals surface area contributed by atoms with E-state index in [-0.39, 0.29) is 18.9 Å². The molecule has 80 heavy (non-hydrogen) atoms. The van der Waals surface area contributed by atoms with E-state index in [1.165, 1.54) is 89.9 Å². The lowest BCUT2D eigenvalue weighted by Crippen LogP contribution is -2.65. The first kappa shape index (κ1) is 72.8. The van der Waals surface area contributed by atoms with E-state index < -0.39 is 86.8 Å². The minimum atomic E-state index is -1.80. The van der Waals surface area contributed by atoms with Gasteiger partial charge in [-0.25, -0.2) is 0 Å². The van der Waals surface area contributed by atoms with E-state index in [0.29, 0.717) is 12.8 Å². The third-order valence-corrected chi connectivity index (χ3v) is 14.4. The van der Waals surface area contributed by atoms with Gasteiger partial charge in [-0.2, -0.15) is 0 Å². The zero-order chi connectivity index (χ0) is 58.1. The second-order valence-corrected chi connectivity index (χ2v) is 21.4. The fourth-order valence-corrected chi connectivity index (χ4v) is 9.44. The molecule has 0 aromatic heterocycles. The van der Waals surface area contributed by atoms with Crippen molar-refractivity contribution in [3.8, 4) is 0 Å². The number of rotatable bonds is 48. The van der Waals surface area contributed by atoms with Gasteiger partial charge in [0, 0.05) is 6.42 Å². The number of allylic oxidation sites excluding steroid dienone is 17. The molecule has 2 aliphatic heterocycles. The highest BCUT2D eigenvalue weighted by molar-refractivity contribution is 5.76. The van der Waals surface area contributed by atoms with Gasteiger partial charge in [-0.15, -0.1) is 0 Å². The zero-order valence-corrected chi connectivity index (χ0v) is 49.3. The first-order valence-corrected chi connectivity index (χ1v) is 31.1. The molecule has 2 heterocycles. The Morgan fingerprint density at radius 2 is 0.875 bits per heavy atom. The molecule has 0 bridgehead atoms. The van der Waals surface area contributed by atoms with Gasteiger partial charge in [0.05, 0.1) is 32.0 Å². The number of unbranched alkanes of at least 4 members (excludes halogenated alkanes) is 19. The largest absolute Gasteiger partial charge is 0.394 e. The molecular weight excluding hydrogens is 1010 g/mol. The normalized spacial score (nSPS) is 25.0. The molecule has 12 atom stereocenters. The van der Waals surface area contributed by atoms with Crippen molar-refractivity contribution in [2.24, 2.45) is 0 Å². The Morgan fingerprint density at radius 3 is 1.38 bits per heavy atom. The summed E-state index contributed by atoms with van der Waals surface area (Å²) in [7, 11) is 0. The number of nitrogens with one attached hydrogen (secondary N) is 1. The van der Waals surface area contributed by atoms with Crippen LogP contribution in [0.2, 0.25) is 0 Å². The van der Waals surface area contributed by atoms with Crippen LogP contribution in [0.1, 0.15) is 206 Å². The number of carbonyl (C=O) groups excluding carboxylic acids is 1. The number of hydrogen-bond acceptors (Lipinski definition) is 13. The van der Waals surface area contributed by atoms with Gasteiger partial charge < -0.3 is 65.1 Å². The summed E-state index contributed by atoms with van der Waals surface area (Å²) < 4.78 is 22.7. The molecule has 0 aromatic rings. The molecular formula is C66H111NO13. The predicted octanol–water partition coefficient (Wildman–Crippen LogP) is 11.2. The Hall–Kier alpha value is -3.35. The van der Waals surface area contributed by atoms with Crippen LogP contribution < -0.4 is 5.32 Å². The molecule has 1 amide bonds. The van der Waals surface area contributed by atoms with Crippen molar-refractivity contribution >= 4 is 5.91 Å². The second-order valence-electron chi connectivity index (χ2n) is 21.4. The quantitative estimate of drug-likeness (QED) is 0.0204. The number of ether oxygens (including phenoxy) is 4. The summed E-state index contributed by atoms with van der Waals surface area (Å²) in [5.74, 6) is -0.260. The van der Waals surface area contributed by atoms with Crippen molar-refractivity contribution < 1.29 is 64.6 Å². The second kappa shape index (κ2) is 50.2. The van der Waals surface area contributed by atoms with Crippen LogP contribution in [-0.4, -0.2) is 140 Å². The van der Waals surface area contributed by atoms with Crippen LogP contribution in [0, 0.1) is 0 Å². The van der Waals surface area contributed by atoms with Crippen LogP contribution in [0.5, 0.6) is 0 Å². The fraction of sp³-hybridized carbons (Fsp3) is 0.712. The topological polar surface area (TPSA) is 228 Å². The third kappa shape index (κ3) is 34.9. The molecule has 14 heteroatoms. The van der Waals surface area contributed by atoms with Gasteiger partial charge in [0.1, 0.15) is 48.8 Å². The van der Waals surface area contributed by atoms with Gasteiger partial charge in [-0.3, -0.25) is 4.79 Å². The van der Waals surface area contributed by atoms with E-state index in [4.69, 9.17) is 18.9 Å². The van der Waals surface area contributed by atoms with E-state index in [0.717, 1.165) is 83.5 Å². The van der Waals surface area contributed by atoms with E-state index in [9.17, 15) is 45.6 Å². The Balaban J connectivity index is 1.66. The molecule has 0 spiro atoms. The van der Waals surface area contributed by atoms with Crippen molar-refractivity contribution in [1.29, 1.82) is 0 Å². The Labute approximate surface area is 483 Å². The molecule has 2 fully saturated rings. The molecule has 0 saturated carbocycles. The summed E-state index contributed by atoms with van der Waals surface area (Å²) in [5, 5.41) is 87.0. The fourth-order valence-electron chi connectivity index (χ4n) is 9.44. The van der Waals surface area contributed by atoms with Gasteiger partial charge in [-0.1, -0.05) is 213 Å². The first-order valence-electron chi connectivity index (χ1n) is 31.1. The lowest BCUT2D eigenvalue weighted by molar-refractivity contribution is -0.359. The van der Waals surface area contributed by atoms with Gasteiger partial charge in [0.2, 0.25) is 5.91 Å². The Kier molecular flexibility index (Phi) is 45.6. The lowest BCUT2D eigenvalue weighted by Gasteiger charge is -2.46. The van der Waals surface area contributed by atoms with Crippen molar-refractivity contribution in [3.05, 3.63) is 109 Å². The molecule has 458 valence electrons. The minimum Gasteiger partial charge on any atom is -0.394 e. The SMILES string of the molecule is CC/C=C\C/C=C\C/C=C\C/C=C\C/C=C\C/C=C\CCCCCCCCCCCCCCCCC(=O)NC(COC1OC(CO)C(OC2OC(CO)C(O)C(O)C2O)C(O)C1O)C(O)/C=C/CC/C=C/CC/C=C/CCCCC. The van der Waals surface area contributed by atoms with Crippen LogP contribution in [0.3, 0.4) is 0 Å². The standard InChI is InChI=1S/C66H111NO13/c1-3-5-7-9-11-13-15-17-18-19-20-21-22-23-24-25-26-27-28-29-30-31-32-33-34-35-36-38-40-42-44-46-48-50-58(71)67-54(55(70)49-47-45-43-41-39-37-16-14-12-10-8-6-4-2)53-77-65-63(76)61(74)64(57(52-69)79-65)80-66-62(75)60(73)59(72)56(51-68)78-66/h5,7,11-14,17-18,20-21,23-24,26-27,39,41,47,49,54-57,59-66,68-70,72-76H,3-4,6,8-10,15-16,19,22,25,28-38,40,42-46,48,50-53H2,1-2H3,(H,67,71)/b7-5-,13-11-,14-12+,18-17-,21-20-,24-23-,27-26-,41-39+,49-47+. The maximum Gasteiger partial charge on any atom is 0.220 e. The maximum atomic E-state index is 13.3.